The van der Waals surface area contributed by atoms with E-state index in [4.69, 9.17) is 0 Å². The van der Waals surface area contributed by atoms with E-state index in [9.17, 15) is 4.79 Å². The summed E-state index contributed by atoms with van der Waals surface area (Å²) < 4.78 is 4.61. The Hall–Kier alpha value is -1.88. The highest BCUT2D eigenvalue weighted by atomic mass is 32.1. The number of anilines is 2. The van der Waals surface area contributed by atoms with E-state index in [-0.39, 0.29) is 5.97 Å². The highest BCUT2D eigenvalue weighted by Crippen LogP contribution is 2.18. The maximum Gasteiger partial charge on any atom is 0.337 e. The fourth-order valence-corrected chi connectivity index (χ4v) is 1.77. The first kappa shape index (κ1) is 10.6. The number of rotatable bonds is 3. The molecule has 0 unspecified atom stereocenters. The minimum Gasteiger partial charge on any atom is -0.465 e. The molecule has 0 saturated heterocycles. The van der Waals surface area contributed by atoms with E-state index in [2.05, 4.69) is 15.0 Å². The van der Waals surface area contributed by atoms with Gasteiger partial charge < -0.3 is 10.1 Å². The number of methoxy groups -OCH3 is 1. The number of benzene rings is 1. The third-order valence-electron chi connectivity index (χ3n) is 1.99. The van der Waals surface area contributed by atoms with Gasteiger partial charge in [0.1, 0.15) is 0 Å². The molecule has 0 radical (unpaired) electrons. The van der Waals surface area contributed by atoms with Crippen LogP contribution in [-0.4, -0.2) is 18.1 Å². The number of nitrogens with zero attached hydrogens (tertiary/aromatic N) is 1. The Balaban J connectivity index is 2.10. The summed E-state index contributed by atoms with van der Waals surface area (Å²) in [6, 6.07) is 7.05. The zero-order valence-corrected chi connectivity index (χ0v) is 9.45. The summed E-state index contributed by atoms with van der Waals surface area (Å²) in [4.78, 5) is 15.3. The Morgan fingerprint density at radius 1 is 1.38 bits per heavy atom. The summed E-state index contributed by atoms with van der Waals surface area (Å²) >= 11 is 1.52. The normalized spacial score (nSPS) is 9.81. The topological polar surface area (TPSA) is 51.2 Å². The molecule has 1 aromatic carbocycles. The highest BCUT2D eigenvalue weighted by molar-refractivity contribution is 7.13. The SMILES string of the molecule is COC(=O)c1ccc(Nc2nccs2)cc1. The second-order valence-corrected chi connectivity index (χ2v) is 3.93. The van der Waals surface area contributed by atoms with Gasteiger partial charge in [0.2, 0.25) is 0 Å². The van der Waals surface area contributed by atoms with Crippen molar-refractivity contribution in [3.8, 4) is 0 Å². The van der Waals surface area contributed by atoms with Crippen molar-refractivity contribution < 1.29 is 9.53 Å². The van der Waals surface area contributed by atoms with Crippen LogP contribution in [0.25, 0.3) is 0 Å². The lowest BCUT2D eigenvalue weighted by molar-refractivity contribution is 0.0601. The number of thiazole rings is 1. The Morgan fingerprint density at radius 3 is 2.69 bits per heavy atom. The van der Waals surface area contributed by atoms with Crippen LogP contribution in [0.5, 0.6) is 0 Å². The van der Waals surface area contributed by atoms with E-state index in [1.807, 2.05) is 17.5 Å². The lowest BCUT2D eigenvalue weighted by Gasteiger charge is -2.03. The molecule has 0 amide bonds. The number of aromatic nitrogens is 1. The van der Waals surface area contributed by atoms with Crippen LogP contribution in [0.15, 0.2) is 35.8 Å². The molecule has 0 saturated carbocycles. The van der Waals surface area contributed by atoms with Crippen molar-refractivity contribution >= 4 is 28.1 Å². The van der Waals surface area contributed by atoms with Gasteiger partial charge in [-0.3, -0.25) is 0 Å². The average Bonchev–Trinajstić information content (AvgIpc) is 2.82. The molecule has 5 heteroatoms. The van der Waals surface area contributed by atoms with Gasteiger partial charge in [-0.15, -0.1) is 11.3 Å². The lowest BCUT2D eigenvalue weighted by atomic mass is 10.2. The molecule has 16 heavy (non-hydrogen) atoms. The second kappa shape index (κ2) is 4.76. The Bertz CT molecular complexity index is 465. The molecular formula is C11H10N2O2S. The van der Waals surface area contributed by atoms with E-state index >= 15 is 0 Å². The average molecular weight is 234 g/mol. The van der Waals surface area contributed by atoms with Gasteiger partial charge in [0.15, 0.2) is 5.13 Å². The van der Waals surface area contributed by atoms with E-state index in [1.54, 1.807) is 18.3 Å². The Kier molecular flexibility index (Phi) is 3.16. The van der Waals surface area contributed by atoms with Crippen LogP contribution in [0.2, 0.25) is 0 Å². The molecule has 0 aliphatic heterocycles. The Morgan fingerprint density at radius 2 is 2.12 bits per heavy atom. The van der Waals surface area contributed by atoms with Gasteiger partial charge in [-0.25, -0.2) is 9.78 Å². The van der Waals surface area contributed by atoms with Crippen LogP contribution in [0.1, 0.15) is 10.4 Å². The second-order valence-electron chi connectivity index (χ2n) is 3.03. The van der Waals surface area contributed by atoms with Crippen molar-refractivity contribution in [3.05, 3.63) is 41.4 Å². The number of hydrogen-bond acceptors (Lipinski definition) is 5. The number of hydrogen-bond donors (Lipinski definition) is 1. The Labute approximate surface area is 96.9 Å². The van der Waals surface area contributed by atoms with Crippen molar-refractivity contribution in [1.82, 2.24) is 4.98 Å². The molecule has 2 rings (SSSR count). The summed E-state index contributed by atoms with van der Waals surface area (Å²) in [6.45, 7) is 0. The molecule has 0 fully saturated rings. The summed E-state index contributed by atoms with van der Waals surface area (Å²) in [6.07, 6.45) is 1.73. The standard InChI is InChI=1S/C11H10N2O2S/c1-15-10(14)8-2-4-9(5-3-8)13-11-12-6-7-16-11/h2-7H,1H3,(H,12,13). The smallest absolute Gasteiger partial charge is 0.337 e. The molecule has 0 spiro atoms. The molecule has 2 aromatic rings. The van der Waals surface area contributed by atoms with Gasteiger partial charge in [0.05, 0.1) is 12.7 Å². The van der Waals surface area contributed by atoms with E-state index in [0.717, 1.165) is 10.8 Å². The first-order chi connectivity index (χ1) is 7.79. The van der Waals surface area contributed by atoms with Crippen LogP contribution in [0.4, 0.5) is 10.8 Å². The first-order valence-corrected chi connectivity index (χ1v) is 5.52. The summed E-state index contributed by atoms with van der Waals surface area (Å²) in [5.74, 6) is -0.333. The molecule has 82 valence electrons. The molecule has 4 nitrogen and oxygen atoms in total. The van der Waals surface area contributed by atoms with E-state index < -0.39 is 0 Å². The maximum absolute atomic E-state index is 11.2. The van der Waals surface area contributed by atoms with Gasteiger partial charge in [-0.05, 0) is 24.3 Å². The molecule has 1 heterocycles. The third kappa shape index (κ3) is 2.38. The van der Waals surface area contributed by atoms with Gasteiger partial charge in [-0.1, -0.05) is 0 Å². The summed E-state index contributed by atoms with van der Waals surface area (Å²) in [5.41, 5.74) is 1.43. The maximum atomic E-state index is 11.2. The van der Waals surface area contributed by atoms with Crippen LogP contribution >= 0.6 is 11.3 Å². The fourth-order valence-electron chi connectivity index (χ4n) is 1.22. The predicted octanol–water partition coefficient (Wildman–Crippen LogP) is 2.67. The molecule has 0 atom stereocenters. The van der Waals surface area contributed by atoms with Gasteiger partial charge in [-0.2, -0.15) is 0 Å². The number of esters is 1. The minimum absolute atomic E-state index is 0.333. The molecule has 0 aliphatic carbocycles. The van der Waals surface area contributed by atoms with E-state index in [1.165, 1.54) is 18.4 Å². The third-order valence-corrected chi connectivity index (χ3v) is 2.68. The minimum atomic E-state index is -0.333. The quantitative estimate of drug-likeness (QED) is 0.829. The summed E-state index contributed by atoms with van der Waals surface area (Å²) in [5, 5.41) is 5.84. The molecule has 0 aliphatic rings. The van der Waals surface area contributed by atoms with Crippen molar-refractivity contribution in [2.24, 2.45) is 0 Å². The van der Waals surface area contributed by atoms with Crippen molar-refractivity contribution in [2.75, 3.05) is 12.4 Å². The largest absolute Gasteiger partial charge is 0.465 e. The summed E-state index contributed by atoms with van der Waals surface area (Å²) in [7, 11) is 1.37. The van der Waals surface area contributed by atoms with Crippen LogP contribution < -0.4 is 5.32 Å². The van der Waals surface area contributed by atoms with Crippen molar-refractivity contribution in [1.29, 1.82) is 0 Å². The first-order valence-electron chi connectivity index (χ1n) is 4.64. The van der Waals surface area contributed by atoms with Crippen molar-refractivity contribution in [2.45, 2.75) is 0 Å². The predicted molar refractivity (Wildman–Crippen MR) is 63.2 cm³/mol. The number of carbonyl (C=O) groups is 1. The highest BCUT2D eigenvalue weighted by Gasteiger charge is 2.04. The van der Waals surface area contributed by atoms with Crippen LogP contribution in [0, 0.1) is 0 Å². The van der Waals surface area contributed by atoms with Crippen LogP contribution in [0.3, 0.4) is 0 Å². The number of nitrogens with one attached hydrogen (secondary N) is 1. The number of carbonyl (C=O) groups excluding carboxylic acids is 1. The monoisotopic (exact) mass is 234 g/mol. The molecule has 1 N–H and O–H groups in total. The molecular weight excluding hydrogens is 224 g/mol. The van der Waals surface area contributed by atoms with Gasteiger partial charge in [0, 0.05) is 17.3 Å². The van der Waals surface area contributed by atoms with E-state index in [0.29, 0.717) is 5.56 Å². The van der Waals surface area contributed by atoms with Crippen molar-refractivity contribution in [3.63, 3.8) is 0 Å². The van der Waals surface area contributed by atoms with Gasteiger partial charge >= 0.3 is 5.97 Å². The molecule has 1 aromatic heterocycles. The zero-order valence-electron chi connectivity index (χ0n) is 8.64. The van der Waals surface area contributed by atoms with Gasteiger partial charge in [0.25, 0.3) is 0 Å². The zero-order chi connectivity index (χ0) is 11.4. The number of ether oxygens (including phenoxy) is 1. The molecule has 0 bridgehead atoms. The lowest BCUT2D eigenvalue weighted by Crippen LogP contribution is -2.00. The van der Waals surface area contributed by atoms with Crippen LogP contribution in [-0.2, 0) is 4.74 Å². The fraction of sp³-hybridized carbons (Fsp3) is 0.0909.